The van der Waals surface area contributed by atoms with Crippen LogP contribution < -0.4 is 5.73 Å². The van der Waals surface area contributed by atoms with Crippen LogP contribution >= 0.6 is 12.4 Å². The Balaban J connectivity index is 0.00000180. The molecule has 0 aromatic carbocycles. The van der Waals surface area contributed by atoms with E-state index in [4.69, 9.17) is 5.73 Å². The number of halogens is 1. The Kier molecular flexibility index (Phi) is 6.57. The fraction of sp³-hybridized carbons (Fsp3) is 0.929. The van der Waals surface area contributed by atoms with E-state index < -0.39 is 0 Å². The minimum absolute atomic E-state index is 0. The first-order valence-corrected chi connectivity index (χ1v) is 7.27. The van der Waals surface area contributed by atoms with Crippen molar-refractivity contribution in [3.05, 3.63) is 0 Å². The van der Waals surface area contributed by atoms with Crippen molar-refractivity contribution in [1.29, 1.82) is 0 Å². The molecule has 2 N–H and O–H groups in total. The van der Waals surface area contributed by atoms with Crippen LogP contribution in [0.4, 0.5) is 0 Å². The molecule has 1 saturated heterocycles. The van der Waals surface area contributed by atoms with Gasteiger partial charge in [0, 0.05) is 31.6 Å². The van der Waals surface area contributed by atoms with Crippen molar-refractivity contribution in [2.45, 2.75) is 50.6 Å². The van der Waals surface area contributed by atoms with Crippen LogP contribution in [0.15, 0.2) is 0 Å². The van der Waals surface area contributed by atoms with E-state index in [1.54, 1.807) is 0 Å². The van der Waals surface area contributed by atoms with Gasteiger partial charge in [-0.2, -0.15) is 0 Å². The van der Waals surface area contributed by atoms with Gasteiger partial charge in [0.1, 0.15) is 0 Å². The molecule has 4 nitrogen and oxygen atoms in total. The summed E-state index contributed by atoms with van der Waals surface area (Å²) < 4.78 is 0. The smallest absolute Gasteiger partial charge is 0.222 e. The zero-order chi connectivity index (χ0) is 13.1. The maximum atomic E-state index is 12.3. The number of hydrogen-bond donors (Lipinski definition) is 1. The third-order valence-electron chi connectivity index (χ3n) is 4.65. The maximum absolute atomic E-state index is 12.3. The number of nitrogens with zero attached hydrogens (tertiary/aromatic N) is 2. The number of amides is 1. The van der Waals surface area contributed by atoms with E-state index in [1.807, 2.05) is 4.90 Å². The second kappa shape index (κ2) is 7.46. The minimum Gasteiger partial charge on any atom is -0.341 e. The number of likely N-dealkylation sites (N-methyl/N-ethyl adjacent to an activating group) is 1. The molecule has 112 valence electrons. The van der Waals surface area contributed by atoms with Crippen LogP contribution in [0, 0.1) is 5.92 Å². The predicted molar refractivity (Wildman–Crippen MR) is 80.5 cm³/mol. The molecule has 5 heteroatoms. The van der Waals surface area contributed by atoms with Gasteiger partial charge in [-0.3, -0.25) is 4.79 Å². The van der Waals surface area contributed by atoms with Crippen LogP contribution in [0.1, 0.15) is 38.5 Å². The standard InChI is InChI=1S/C14H27N3O.ClH/c1-16(2)12-7-8-17(10-12)14(18)9-11-5-3-4-6-13(11)15;/h11-13H,3-10,15H2,1-2H3;1H. The van der Waals surface area contributed by atoms with E-state index in [-0.39, 0.29) is 18.4 Å². The van der Waals surface area contributed by atoms with Gasteiger partial charge in [0.05, 0.1) is 0 Å². The Morgan fingerprint density at radius 3 is 2.53 bits per heavy atom. The lowest BCUT2D eigenvalue weighted by Crippen LogP contribution is -2.39. The van der Waals surface area contributed by atoms with E-state index in [2.05, 4.69) is 19.0 Å². The summed E-state index contributed by atoms with van der Waals surface area (Å²) in [5, 5.41) is 0. The monoisotopic (exact) mass is 289 g/mol. The molecule has 2 fully saturated rings. The second-order valence-electron chi connectivity index (χ2n) is 6.16. The quantitative estimate of drug-likeness (QED) is 0.856. The molecule has 19 heavy (non-hydrogen) atoms. The third kappa shape index (κ3) is 4.33. The van der Waals surface area contributed by atoms with E-state index >= 15 is 0 Å². The van der Waals surface area contributed by atoms with Gasteiger partial charge in [-0.05, 0) is 39.3 Å². The highest BCUT2D eigenvalue weighted by Crippen LogP contribution is 2.27. The summed E-state index contributed by atoms with van der Waals surface area (Å²) in [4.78, 5) is 16.5. The molecule has 0 spiro atoms. The predicted octanol–water partition coefficient (Wildman–Crippen LogP) is 1.48. The van der Waals surface area contributed by atoms with Gasteiger partial charge < -0.3 is 15.5 Å². The average molecular weight is 290 g/mol. The summed E-state index contributed by atoms with van der Waals surface area (Å²) in [6.45, 7) is 1.82. The molecular formula is C14H28ClN3O. The zero-order valence-corrected chi connectivity index (χ0v) is 13.0. The Hall–Kier alpha value is -0.320. The van der Waals surface area contributed by atoms with E-state index in [0.29, 0.717) is 24.3 Å². The Bertz CT molecular complexity index is 298. The van der Waals surface area contributed by atoms with E-state index in [1.165, 1.54) is 12.8 Å². The Morgan fingerprint density at radius 1 is 1.26 bits per heavy atom. The fourth-order valence-electron chi connectivity index (χ4n) is 3.23. The summed E-state index contributed by atoms with van der Waals surface area (Å²) in [7, 11) is 4.19. The fourth-order valence-corrected chi connectivity index (χ4v) is 3.23. The molecule has 1 aliphatic heterocycles. The molecule has 1 aliphatic carbocycles. The van der Waals surface area contributed by atoms with Crippen molar-refractivity contribution in [3.8, 4) is 0 Å². The SMILES string of the molecule is CN(C)C1CCN(C(=O)CC2CCCCC2N)C1.Cl. The highest BCUT2D eigenvalue weighted by Gasteiger charge is 2.30. The second-order valence-corrected chi connectivity index (χ2v) is 6.16. The van der Waals surface area contributed by atoms with Gasteiger partial charge in [0.15, 0.2) is 0 Å². The van der Waals surface area contributed by atoms with Gasteiger partial charge in [-0.25, -0.2) is 0 Å². The first kappa shape index (κ1) is 16.7. The summed E-state index contributed by atoms with van der Waals surface area (Å²) in [5.41, 5.74) is 6.12. The Morgan fingerprint density at radius 2 is 1.95 bits per heavy atom. The van der Waals surface area contributed by atoms with Crippen molar-refractivity contribution >= 4 is 18.3 Å². The molecule has 3 atom stereocenters. The molecule has 1 saturated carbocycles. The number of carbonyl (C=O) groups is 1. The summed E-state index contributed by atoms with van der Waals surface area (Å²) in [6, 6.07) is 0.781. The molecule has 1 heterocycles. The molecule has 2 rings (SSSR count). The van der Waals surface area contributed by atoms with Crippen molar-refractivity contribution in [1.82, 2.24) is 9.80 Å². The van der Waals surface area contributed by atoms with Crippen molar-refractivity contribution in [3.63, 3.8) is 0 Å². The summed E-state index contributed by atoms with van der Waals surface area (Å²) in [5.74, 6) is 0.742. The van der Waals surface area contributed by atoms with Crippen LogP contribution in [-0.2, 0) is 4.79 Å². The number of rotatable bonds is 3. The number of carbonyl (C=O) groups excluding carboxylic acids is 1. The minimum atomic E-state index is 0. The van der Waals surface area contributed by atoms with Crippen LogP contribution in [0.25, 0.3) is 0 Å². The third-order valence-corrected chi connectivity index (χ3v) is 4.65. The number of likely N-dealkylation sites (tertiary alicyclic amines) is 1. The molecule has 0 aromatic rings. The molecule has 0 radical (unpaired) electrons. The normalized spacial score (nSPS) is 31.4. The van der Waals surface area contributed by atoms with Crippen molar-refractivity contribution < 1.29 is 4.79 Å². The van der Waals surface area contributed by atoms with E-state index in [0.717, 1.165) is 32.4 Å². The van der Waals surface area contributed by atoms with Gasteiger partial charge >= 0.3 is 0 Å². The maximum Gasteiger partial charge on any atom is 0.222 e. The van der Waals surface area contributed by atoms with E-state index in [9.17, 15) is 4.79 Å². The summed E-state index contributed by atoms with van der Waals surface area (Å²) >= 11 is 0. The largest absolute Gasteiger partial charge is 0.341 e. The first-order chi connectivity index (χ1) is 8.58. The topological polar surface area (TPSA) is 49.6 Å². The zero-order valence-electron chi connectivity index (χ0n) is 12.2. The average Bonchev–Trinajstić information content (AvgIpc) is 2.81. The van der Waals surface area contributed by atoms with Gasteiger partial charge in [0.25, 0.3) is 0 Å². The lowest BCUT2D eigenvalue weighted by Gasteiger charge is -2.29. The van der Waals surface area contributed by atoms with Gasteiger partial charge in [-0.1, -0.05) is 12.8 Å². The molecule has 1 amide bonds. The van der Waals surface area contributed by atoms with Crippen LogP contribution in [-0.4, -0.2) is 55.0 Å². The lowest BCUT2D eigenvalue weighted by molar-refractivity contribution is -0.131. The highest BCUT2D eigenvalue weighted by molar-refractivity contribution is 5.85. The highest BCUT2D eigenvalue weighted by atomic mass is 35.5. The molecule has 3 unspecified atom stereocenters. The first-order valence-electron chi connectivity index (χ1n) is 7.27. The van der Waals surface area contributed by atoms with Crippen LogP contribution in [0.5, 0.6) is 0 Å². The van der Waals surface area contributed by atoms with Crippen LogP contribution in [0.2, 0.25) is 0 Å². The molecule has 2 aliphatic rings. The molecular weight excluding hydrogens is 262 g/mol. The van der Waals surface area contributed by atoms with Crippen molar-refractivity contribution in [2.24, 2.45) is 11.7 Å². The summed E-state index contributed by atoms with van der Waals surface area (Å²) in [6.07, 6.45) is 6.48. The molecule has 0 aromatic heterocycles. The lowest BCUT2D eigenvalue weighted by atomic mass is 9.83. The van der Waals surface area contributed by atoms with Crippen LogP contribution in [0.3, 0.4) is 0 Å². The molecule has 0 bridgehead atoms. The number of nitrogens with two attached hydrogens (primary N) is 1. The Labute approximate surface area is 123 Å². The van der Waals surface area contributed by atoms with Crippen molar-refractivity contribution in [2.75, 3.05) is 27.2 Å². The van der Waals surface area contributed by atoms with Gasteiger partial charge in [-0.15, -0.1) is 12.4 Å². The number of hydrogen-bond acceptors (Lipinski definition) is 3. The van der Waals surface area contributed by atoms with Gasteiger partial charge in [0.2, 0.25) is 5.91 Å².